The van der Waals surface area contributed by atoms with Crippen LogP contribution in [0.15, 0.2) is 12.3 Å². The molecule has 1 rings (SSSR count). The van der Waals surface area contributed by atoms with Gasteiger partial charge in [-0.2, -0.15) is 5.26 Å². The fourth-order valence-electron chi connectivity index (χ4n) is 1.69. The Kier molecular flexibility index (Phi) is 5.12. The molecule has 6 heteroatoms. The largest absolute Gasteiger partial charge is 0.395 e. The summed E-state index contributed by atoms with van der Waals surface area (Å²) in [5.74, 6) is 0.376. The normalized spacial score (nSPS) is 10.1. The number of anilines is 2. The van der Waals surface area contributed by atoms with Gasteiger partial charge in [-0.1, -0.05) is 0 Å². The van der Waals surface area contributed by atoms with Crippen LogP contribution in [-0.4, -0.2) is 30.0 Å². The quantitative estimate of drug-likeness (QED) is 0.820. The number of likely N-dealkylation sites (N-methyl/N-ethyl adjacent to an activating group) is 1. The molecule has 0 unspecified atom stereocenters. The first kappa shape index (κ1) is 14.8. The van der Waals surface area contributed by atoms with Crippen LogP contribution in [0.1, 0.15) is 26.3 Å². The molecular formula is C13H19N5O. The van der Waals surface area contributed by atoms with Crippen LogP contribution in [0.2, 0.25) is 0 Å². The van der Waals surface area contributed by atoms with Gasteiger partial charge in [0.1, 0.15) is 6.07 Å². The van der Waals surface area contributed by atoms with Crippen molar-refractivity contribution in [2.24, 2.45) is 0 Å². The number of hydrogen-bond donors (Lipinski definition) is 2. The molecule has 1 aromatic rings. The Hall–Kier alpha value is -2.29. The number of nitrogens with one attached hydrogen (secondary N) is 1. The van der Waals surface area contributed by atoms with E-state index in [9.17, 15) is 4.79 Å². The Morgan fingerprint density at radius 2 is 2.32 bits per heavy atom. The summed E-state index contributed by atoms with van der Waals surface area (Å²) < 4.78 is 0. The van der Waals surface area contributed by atoms with Gasteiger partial charge in [0.15, 0.2) is 5.82 Å². The van der Waals surface area contributed by atoms with Crippen LogP contribution >= 0.6 is 0 Å². The molecule has 1 aromatic heterocycles. The molecule has 19 heavy (non-hydrogen) atoms. The molecule has 1 heterocycles. The minimum atomic E-state index is -0.0968. The highest BCUT2D eigenvalue weighted by Gasteiger charge is 2.16. The van der Waals surface area contributed by atoms with Crippen molar-refractivity contribution < 1.29 is 4.79 Å². The van der Waals surface area contributed by atoms with Gasteiger partial charge in [0, 0.05) is 18.8 Å². The minimum absolute atomic E-state index is 0.0851. The van der Waals surface area contributed by atoms with Gasteiger partial charge >= 0.3 is 0 Å². The lowest BCUT2D eigenvalue weighted by atomic mass is 10.2. The first-order valence-electron chi connectivity index (χ1n) is 6.18. The van der Waals surface area contributed by atoms with E-state index in [1.807, 2.05) is 26.8 Å². The Balaban J connectivity index is 2.92. The zero-order valence-corrected chi connectivity index (χ0v) is 11.5. The molecule has 6 nitrogen and oxygen atoms in total. The summed E-state index contributed by atoms with van der Waals surface area (Å²) in [4.78, 5) is 17.7. The maximum atomic E-state index is 11.8. The number of carbonyl (C=O) groups is 1. The number of pyridine rings is 1. The topological polar surface area (TPSA) is 95.0 Å². The van der Waals surface area contributed by atoms with Crippen molar-refractivity contribution in [1.29, 1.82) is 5.26 Å². The summed E-state index contributed by atoms with van der Waals surface area (Å²) in [6.45, 7) is 6.45. The lowest BCUT2D eigenvalue weighted by molar-refractivity contribution is -0.120. The van der Waals surface area contributed by atoms with Crippen molar-refractivity contribution in [3.8, 4) is 6.07 Å². The summed E-state index contributed by atoms with van der Waals surface area (Å²) in [5.41, 5.74) is 6.57. The first-order chi connectivity index (χ1) is 8.99. The summed E-state index contributed by atoms with van der Waals surface area (Å²) >= 11 is 0. The van der Waals surface area contributed by atoms with Crippen LogP contribution in [-0.2, 0) is 4.79 Å². The minimum Gasteiger partial charge on any atom is -0.395 e. The molecule has 0 bridgehead atoms. The fraction of sp³-hybridized carbons (Fsp3) is 0.462. The fourth-order valence-corrected chi connectivity index (χ4v) is 1.69. The molecule has 3 N–H and O–H groups in total. The molecule has 0 atom stereocenters. The van der Waals surface area contributed by atoms with Crippen LogP contribution in [0, 0.1) is 11.3 Å². The number of nitrogens with zero attached hydrogens (tertiary/aromatic N) is 3. The number of aromatic nitrogens is 1. The van der Waals surface area contributed by atoms with Gasteiger partial charge in [-0.3, -0.25) is 4.79 Å². The number of nitrogen functional groups attached to an aromatic ring is 1. The van der Waals surface area contributed by atoms with Crippen molar-refractivity contribution in [2.75, 3.05) is 23.7 Å². The third-order valence-electron chi connectivity index (χ3n) is 2.55. The Morgan fingerprint density at radius 1 is 1.63 bits per heavy atom. The van der Waals surface area contributed by atoms with E-state index in [4.69, 9.17) is 11.0 Å². The Labute approximate surface area is 113 Å². The van der Waals surface area contributed by atoms with E-state index in [0.717, 1.165) is 0 Å². The third kappa shape index (κ3) is 3.85. The van der Waals surface area contributed by atoms with Gasteiger partial charge < -0.3 is 16.0 Å². The van der Waals surface area contributed by atoms with E-state index in [0.29, 0.717) is 23.6 Å². The number of hydrogen-bond acceptors (Lipinski definition) is 5. The number of nitriles is 1. The van der Waals surface area contributed by atoms with Gasteiger partial charge in [0.2, 0.25) is 5.91 Å². The number of nitrogens with two attached hydrogens (primary N) is 1. The molecule has 0 radical (unpaired) electrons. The summed E-state index contributed by atoms with van der Waals surface area (Å²) in [6.07, 6.45) is 1.52. The molecule has 0 fully saturated rings. The molecule has 0 saturated heterocycles. The SMILES string of the molecule is CCN(CC(=O)NC(C)C)c1nccc(C#N)c1N. The van der Waals surface area contributed by atoms with Crippen molar-refractivity contribution >= 4 is 17.4 Å². The molecule has 0 aromatic carbocycles. The molecule has 0 aliphatic carbocycles. The first-order valence-corrected chi connectivity index (χ1v) is 6.18. The van der Waals surface area contributed by atoms with E-state index >= 15 is 0 Å². The lowest BCUT2D eigenvalue weighted by Crippen LogP contribution is -2.40. The van der Waals surface area contributed by atoms with Crippen molar-refractivity contribution in [3.63, 3.8) is 0 Å². The third-order valence-corrected chi connectivity index (χ3v) is 2.55. The summed E-state index contributed by atoms with van der Waals surface area (Å²) in [7, 11) is 0. The van der Waals surface area contributed by atoms with Crippen LogP contribution in [0.25, 0.3) is 0 Å². The van der Waals surface area contributed by atoms with Crippen LogP contribution in [0.5, 0.6) is 0 Å². The van der Waals surface area contributed by atoms with Crippen molar-refractivity contribution in [1.82, 2.24) is 10.3 Å². The van der Waals surface area contributed by atoms with Gasteiger partial charge in [0.25, 0.3) is 0 Å². The van der Waals surface area contributed by atoms with E-state index in [-0.39, 0.29) is 18.5 Å². The van der Waals surface area contributed by atoms with E-state index in [2.05, 4.69) is 10.3 Å². The Morgan fingerprint density at radius 3 is 2.84 bits per heavy atom. The van der Waals surface area contributed by atoms with Gasteiger partial charge in [-0.05, 0) is 26.8 Å². The lowest BCUT2D eigenvalue weighted by Gasteiger charge is -2.23. The molecule has 0 spiro atoms. The molecule has 0 aliphatic heterocycles. The van der Waals surface area contributed by atoms with Gasteiger partial charge in [0.05, 0.1) is 17.8 Å². The summed E-state index contributed by atoms with van der Waals surface area (Å²) in [5, 5.41) is 11.8. The summed E-state index contributed by atoms with van der Waals surface area (Å²) in [6, 6.07) is 3.65. The zero-order valence-electron chi connectivity index (χ0n) is 11.5. The monoisotopic (exact) mass is 261 g/mol. The smallest absolute Gasteiger partial charge is 0.239 e. The second kappa shape index (κ2) is 6.59. The number of carbonyl (C=O) groups excluding carboxylic acids is 1. The number of amides is 1. The van der Waals surface area contributed by atoms with Gasteiger partial charge in [-0.25, -0.2) is 4.98 Å². The second-order valence-corrected chi connectivity index (χ2v) is 4.44. The predicted molar refractivity (Wildman–Crippen MR) is 74.5 cm³/mol. The highest BCUT2D eigenvalue weighted by Crippen LogP contribution is 2.22. The maximum Gasteiger partial charge on any atom is 0.239 e. The van der Waals surface area contributed by atoms with E-state index < -0.39 is 0 Å². The van der Waals surface area contributed by atoms with Crippen molar-refractivity contribution in [2.45, 2.75) is 26.8 Å². The van der Waals surface area contributed by atoms with E-state index in [1.54, 1.807) is 11.0 Å². The number of rotatable bonds is 5. The average Bonchev–Trinajstić information content (AvgIpc) is 2.35. The van der Waals surface area contributed by atoms with Crippen LogP contribution < -0.4 is 16.0 Å². The molecule has 102 valence electrons. The van der Waals surface area contributed by atoms with E-state index in [1.165, 1.54) is 6.20 Å². The second-order valence-electron chi connectivity index (χ2n) is 4.44. The van der Waals surface area contributed by atoms with Gasteiger partial charge in [-0.15, -0.1) is 0 Å². The highest BCUT2D eigenvalue weighted by molar-refractivity contribution is 5.83. The molecule has 0 aliphatic rings. The van der Waals surface area contributed by atoms with Crippen LogP contribution in [0.3, 0.4) is 0 Å². The Bertz CT molecular complexity index is 492. The predicted octanol–water partition coefficient (Wildman–Crippen LogP) is 0.886. The maximum absolute atomic E-state index is 11.8. The molecular weight excluding hydrogens is 242 g/mol. The standard InChI is InChI=1S/C13H19N5O/c1-4-18(8-11(19)17-9(2)3)13-12(15)10(7-14)5-6-16-13/h5-6,9H,4,8,15H2,1-3H3,(H,17,19). The van der Waals surface area contributed by atoms with Crippen molar-refractivity contribution in [3.05, 3.63) is 17.8 Å². The van der Waals surface area contributed by atoms with Crippen LogP contribution in [0.4, 0.5) is 11.5 Å². The average molecular weight is 261 g/mol. The molecule has 0 saturated carbocycles. The highest BCUT2D eigenvalue weighted by atomic mass is 16.2. The molecule has 1 amide bonds. The zero-order chi connectivity index (χ0) is 14.4.